The van der Waals surface area contributed by atoms with Crippen LogP contribution in [0.1, 0.15) is 50.3 Å². The van der Waals surface area contributed by atoms with Gasteiger partial charge in [0.2, 0.25) is 0 Å². The molecule has 0 heterocycles. The zero-order valence-corrected chi connectivity index (χ0v) is 13.9. The highest BCUT2D eigenvalue weighted by Gasteiger charge is 2.39. The Labute approximate surface area is 124 Å². The highest BCUT2D eigenvalue weighted by Crippen LogP contribution is 2.49. The average molecular weight is 326 g/mol. The van der Waals surface area contributed by atoms with Crippen LogP contribution in [0.4, 0.5) is 0 Å². The van der Waals surface area contributed by atoms with Crippen LogP contribution in [0.3, 0.4) is 0 Å². The minimum Gasteiger partial charge on any atom is -0.496 e. The molecule has 1 fully saturated rings. The van der Waals surface area contributed by atoms with E-state index in [1.54, 1.807) is 7.11 Å². The first kappa shape index (κ1) is 14.9. The summed E-state index contributed by atoms with van der Waals surface area (Å²) in [7, 11) is 1.72. The Morgan fingerprint density at radius 2 is 2.11 bits per heavy atom. The highest BCUT2D eigenvalue weighted by atomic mass is 79.9. The molecule has 2 atom stereocenters. The molecule has 1 aromatic rings. The smallest absolute Gasteiger partial charge is 0.123 e. The van der Waals surface area contributed by atoms with Gasteiger partial charge in [-0.05, 0) is 48.8 Å². The van der Waals surface area contributed by atoms with Crippen molar-refractivity contribution in [3.63, 3.8) is 0 Å². The molecule has 0 saturated heterocycles. The molecule has 1 aromatic carbocycles. The van der Waals surface area contributed by atoms with Gasteiger partial charge in [0.15, 0.2) is 0 Å². The van der Waals surface area contributed by atoms with Gasteiger partial charge in [-0.25, -0.2) is 0 Å². The van der Waals surface area contributed by atoms with Gasteiger partial charge in [-0.15, -0.1) is 0 Å². The van der Waals surface area contributed by atoms with Crippen LogP contribution in [-0.4, -0.2) is 7.11 Å². The molecule has 0 aliphatic heterocycles. The summed E-state index contributed by atoms with van der Waals surface area (Å²) in [5.41, 5.74) is 9.20. The Balaban J connectivity index is 2.38. The third-order valence-corrected chi connectivity index (χ3v) is 5.50. The van der Waals surface area contributed by atoms with E-state index in [2.05, 4.69) is 48.8 Å². The van der Waals surface area contributed by atoms with E-state index in [0.29, 0.717) is 11.3 Å². The molecule has 0 aromatic heterocycles. The maximum Gasteiger partial charge on any atom is 0.123 e. The number of aryl methyl sites for hydroxylation is 1. The molecule has 106 valence electrons. The fourth-order valence-corrected chi connectivity index (χ4v) is 3.70. The van der Waals surface area contributed by atoms with Crippen molar-refractivity contribution >= 4 is 15.9 Å². The van der Waals surface area contributed by atoms with E-state index in [4.69, 9.17) is 10.5 Å². The van der Waals surface area contributed by atoms with Crippen molar-refractivity contribution < 1.29 is 4.74 Å². The third kappa shape index (κ3) is 2.82. The Hall–Kier alpha value is -0.540. The summed E-state index contributed by atoms with van der Waals surface area (Å²) < 4.78 is 6.64. The van der Waals surface area contributed by atoms with Crippen LogP contribution in [-0.2, 0) is 0 Å². The monoisotopic (exact) mass is 325 g/mol. The van der Waals surface area contributed by atoms with Crippen molar-refractivity contribution in [3.05, 3.63) is 27.7 Å². The zero-order chi connectivity index (χ0) is 14.2. The highest BCUT2D eigenvalue weighted by molar-refractivity contribution is 9.10. The van der Waals surface area contributed by atoms with Gasteiger partial charge < -0.3 is 10.5 Å². The summed E-state index contributed by atoms with van der Waals surface area (Å²) in [6.07, 6.45) is 3.75. The van der Waals surface area contributed by atoms with Gasteiger partial charge in [-0.3, -0.25) is 0 Å². The molecule has 1 saturated carbocycles. The number of ether oxygens (including phenoxy) is 1. The first-order valence-electron chi connectivity index (χ1n) is 6.96. The van der Waals surface area contributed by atoms with Crippen LogP contribution in [0, 0.1) is 18.3 Å². The molecule has 0 amide bonds. The Morgan fingerprint density at radius 3 is 2.63 bits per heavy atom. The second-order valence-corrected chi connectivity index (χ2v) is 7.21. The van der Waals surface area contributed by atoms with Crippen molar-refractivity contribution in [2.45, 2.75) is 46.1 Å². The van der Waals surface area contributed by atoms with Crippen LogP contribution in [0.15, 0.2) is 16.6 Å². The lowest BCUT2D eigenvalue weighted by atomic mass is 9.75. The van der Waals surface area contributed by atoms with Crippen LogP contribution in [0.2, 0.25) is 0 Å². The Morgan fingerprint density at radius 1 is 1.42 bits per heavy atom. The van der Waals surface area contributed by atoms with Gasteiger partial charge in [-0.2, -0.15) is 0 Å². The molecule has 2 nitrogen and oxygen atoms in total. The molecular weight excluding hydrogens is 302 g/mol. The first-order valence-corrected chi connectivity index (χ1v) is 7.75. The molecule has 1 aliphatic carbocycles. The van der Waals surface area contributed by atoms with Crippen LogP contribution >= 0.6 is 15.9 Å². The number of nitrogens with two attached hydrogens (primary N) is 1. The maximum absolute atomic E-state index is 6.57. The number of halogens is 1. The standard InChI is InChI=1S/C16H24BrNO/c1-10-8-14(19-4)11(9-13(10)17)15(18)12-6-5-7-16(12,2)3/h8-9,12,15H,5-7,18H2,1-4H3. The van der Waals surface area contributed by atoms with Crippen LogP contribution in [0.25, 0.3) is 0 Å². The van der Waals surface area contributed by atoms with Crippen molar-refractivity contribution in [3.8, 4) is 5.75 Å². The quantitative estimate of drug-likeness (QED) is 0.881. The fraction of sp³-hybridized carbons (Fsp3) is 0.625. The van der Waals surface area contributed by atoms with E-state index >= 15 is 0 Å². The van der Waals surface area contributed by atoms with E-state index in [1.165, 1.54) is 24.8 Å². The summed E-state index contributed by atoms with van der Waals surface area (Å²) in [5.74, 6) is 1.44. The Kier molecular flexibility index (Phi) is 4.26. The van der Waals surface area contributed by atoms with Gasteiger partial charge in [0.1, 0.15) is 5.75 Å². The second-order valence-electron chi connectivity index (χ2n) is 6.36. The summed E-state index contributed by atoms with van der Waals surface area (Å²) in [6, 6.07) is 4.25. The first-order chi connectivity index (χ1) is 8.86. The fourth-order valence-electron chi connectivity index (χ4n) is 3.34. The largest absolute Gasteiger partial charge is 0.496 e. The van der Waals surface area contributed by atoms with Crippen molar-refractivity contribution in [1.29, 1.82) is 0 Å². The van der Waals surface area contributed by atoms with E-state index < -0.39 is 0 Å². The number of benzene rings is 1. The van der Waals surface area contributed by atoms with Gasteiger partial charge in [0, 0.05) is 16.1 Å². The Bertz CT molecular complexity index is 470. The second kappa shape index (κ2) is 5.45. The lowest BCUT2D eigenvalue weighted by Crippen LogP contribution is -2.30. The predicted octanol–water partition coefficient (Wildman–Crippen LogP) is 4.59. The molecule has 0 spiro atoms. The summed E-state index contributed by atoms with van der Waals surface area (Å²) in [6.45, 7) is 6.74. The number of hydrogen-bond donors (Lipinski definition) is 1. The molecular formula is C16H24BrNO. The van der Waals surface area contributed by atoms with Crippen molar-refractivity contribution in [1.82, 2.24) is 0 Å². The summed E-state index contributed by atoms with van der Waals surface area (Å²) in [4.78, 5) is 0. The van der Waals surface area contributed by atoms with E-state index in [1.807, 2.05) is 0 Å². The lowest BCUT2D eigenvalue weighted by Gasteiger charge is -2.33. The zero-order valence-electron chi connectivity index (χ0n) is 12.3. The predicted molar refractivity (Wildman–Crippen MR) is 83.5 cm³/mol. The number of hydrogen-bond acceptors (Lipinski definition) is 2. The van der Waals surface area contributed by atoms with Gasteiger partial charge in [0.05, 0.1) is 7.11 Å². The van der Waals surface area contributed by atoms with E-state index in [9.17, 15) is 0 Å². The molecule has 0 radical (unpaired) electrons. The maximum atomic E-state index is 6.57. The molecule has 2 rings (SSSR count). The summed E-state index contributed by atoms with van der Waals surface area (Å²) >= 11 is 3.60. The lowest BCUT2D eigenvalue weighted by molar-refractivity contribution is 0.219. The molecule has 2 N–H and O–H groups in total. The van der Waals surface area contributed by atoms with Gasteiger partial charge in [-0.1, -0.05) is 36.2 Å². The molecule has 0 bridgehead atoms. The van der Waals surface area contributed by atoms with Crippen molar-refractivity contribution in [2.24, 2.45) is 17.1 Å². The van der Waals surface area contributed by atoms with E-state index in [-0.39, 0.29) is 6.04 Å². The third-order valence-electron chi connectivity index (χ3n) is 4.64. The SMILES string of the molecule is COc1cc(C)c(Br)cc1C(N)C1CCCC1(C)C. The molecule has 1 aliphatic rings. The average Bonchev–Trinajstić information content (AvgIpc) is 2.71. The van der Waals surface area contributed by atoms with Gasteiger partial charge >= 0.3 is 0 Å². The van der Waals surface area contributed by atoms with Gasteiger partial charge in [0.25, 0.3) is 0 Å². The number of methoxy groups -OCH3 is 1. The molecule has 19 heavy (non-hydrogen) atoms. The minimum absolute atomic E-state index is 0.0457. The summed E-state index contributed by atoms with van der Waals surface area (Å²) in [5, 5.41) is 0. The van der Waals surface area contributed by atoms with Crippen molar-refractivity contribution in [2.75, 3.05) is 7.11 Å². The molecule has 2 unspecified atom stereocenters. The van der Waals surface area contributed by atoms with Crippen LogP contribution < -0.4 is 10.5 Å². The minimum atomic E-state index is 0.0457. The molecule has 3 heteroatoms. The van der Waals surface area contributed by atoms with E-state index in [0.717, 1.165) is 15.8 Å². The topological polar surface area (TPSA) is 35.2 Å². The normalized spacial score (nSPS) is 23.4. The number of rotatable bonds is 3. The van der Waals surface area contributed by atoms with Crippen LogP contribution in [0.5, 0.6) is 5.75 Å².